The Balaban J connectivity index is -0.000000131. The fourth-order valence-electron chi connectivity index (χ4n) is 1.53. The molecule has 164 valence electrons. The molecular formula is C25H49N3. The minimum absolute atomic E-state index is 0.822. The molecule has 3 nitrogen and oxygen atoms in total. The van der Waals surface area contributed by atoms with Gasteiger partial charge in [0.2, 0.25) is 0 Å². The zero-order chi connectivity index (χ0) is 22.5. The molecule has 0 spiro atoms. The van der Waals surface area contributed by atoms with Gasteiger partial charge in [0.05, 0.1) is 0 Å². The van der Waals surface area contributed by atoms with Crippen molar-refractivity contribution in [2.45, 2.75) is 108 Å². The third kappa shape index (κ3) is 39.3. The van der Waals surface area contributed by atoms with Gasteiger partial charge < -0.3 is 0 Å². The molecule has 0 amide bonds. The maximum Gasteiger partial charge on any atom is 0.125 e. The van der Waals surface area contributed by atoms with Crippen LogP contribution in [-0.2, 0) is 0 Å². The Kier molecular flexibility index (Phi) is 43.7. The van der Waals surface area contributed by atoms with Gasteiger partial charge in [0.25, 0.3) is 0 Å². The van der Waals surface area contributed by atoms with Gasteiger partial charge in [-0.15, -0.1) is 0 Å². The highest BCUT2D eigenvalue weighted by Gasteiger charge is 1.75. The summed E-state index contributed by atoms with van der Waals surface area (Å²) in [7, 11) is 0. The number of unbranched alkanes of at least 4 members (excludes halogenated alkanes) is 4. The van der Waals surface area contributed by atoms with Gasteiger partial charge >= 0.3 is 0 Å². The third-order valence-electron chi connectivity index (χ3n) is 2.92. The van der Waals surface area contributed by atoms with Crippen molar-refractivity contribution >= 4 is 0 Å². The largest absolute Gasteiger partial charge is 0.262 e. The lowest BCUT2D eigenvalue weighted by atomic mass is 10.3. The lowest BCUT2D eigenvalue weighted by Crippen LogP contribution is -1.80. The number of pyridine rings is 1. The van der Waals surface area contributed by atoms with Crippen molar-refractivity contribution in [1.29, 1.82) is 0 Å². The van der Waals surface area contributed by atoms with Crippen molar-refractivity contribution in [2.75, 3.05) is 0 Å². The number of nitrogens with zero attached hydrogens (tertiary/aromatic N) is 3. The van der Waals surface area contributed by atoms with E-state index in [1.165, 1.54) is 38.5 Å². The van der Waals surface area contributed by atoms with Crippen molar-refractivity contribution in [3.8, 4) is 0 Å². The summed E-state index contributed by atoms with van der Waals surface area (Å²) in [6, 6.07) is 7.66. The van der Waals surface area contributed by atoms with Crippen LogP contribution in [0.25, 0.3) is 0 Å². The van der Waals surface area contributed by atoms with Crippen LogP contribution in [0.3, 0.4) is 0 Å². The molecule has 0 aliphatic rings. The summed E-state index contributed by atoms with van der Waals surface area (Å²) in [5, 5.41) is 0. The van der Waals surface area contributed by atoms with Crippen LogP contribution in [0.4, 0.5) is 0 Å². The Morgan fingerprint density at radius 3 is 1.11 bits per heavy atom. The van der Waals surface area contributed by atoms with Crippen LogP contribution >= 0.6 is 0 Å². The second kappa shape index (κ2) is 36.2. The summed E-state index contributed by atoms with van der Waals surface area (Å²) in [6.45, 7) is 20.7. The molecule has 0 saturated heterocycles. The van der Waals surface area contributed by atoms with Crippen LogP contribution in [0.15, 0.2) is 42.9 Å². The molecule has 0 aliphatic carbocycles. The molecule has 0 radical (unpaired) electrons. The fraction of sp³-hybridized carbons (Fsp3) is 0.640. The first kappa shape index (κ1) is 33.8. The van der Waals surface area contributed by atoms with Crippen molar-refractivity contribution < 1.29 is 0 Å². The Morgan fingerprint density at radius 2 is 0.964 bits per heavy atom. The van der Waals surface area contributed by atoms with E-state index in [0.717, 1.165) is 11.5 Å². The van der Waals surface area contributed by atoms with Crippen LogP contribution in [-0.4, -0.2) is 15.0 Å². The molecule has 2 heterocycles. The predicted molar refractivity (Wildman–Crippen MR) is 129 cm³/mol. The normalized spacial score (nSPS) is 7.79. The van der Waals surface area contributed by atoms with Crippen LogP contribution in [0.1, 0.15) is 105 Å². The summed E-state index contributed by atoms with van der Waals surface area (Å²) in [5.74, 6) is 0.822. The number of hydrogen-bond donors (Lipinski definition) is 0. The van der Waals surface area contributed by atoms with Gasteiger partial charge in [-0.1, -0.05) is 100.0 Å². The minimum Gasteiger partial charge on any atom is -0.262 e. The Bertz CT molecular complexity index is 383. The average Bonchev–Trinajstić information content (AvgIpc) is 2.75. The molecular weight excluding hydrogens is 342 g/mol. The van der Waals surface area contributed by atoms with E-state index >= 15 is 0 Å². The van der Waals surface area contributed by atoms with Crippen LogP contribution in [0.2, 0.25) is 0 Å². The second-order valence-corrected chi connectivity index (χ2v) is 5.47. The van der Waals surface area contributed by atoms with Gasteiger partial charge in [-0.25, -0.2) is 9.97 Å². The molecule has 0 bridgehead atoms. The quantitative estimate of drug-likeness (QED) is 0.523. The molecule has 0 unspecified atom stereocenters. The summed E-state index contributed by atoms with van der Waals surface area (Å²) >= 11 is 0. The van der Waals surface area contributed by atoms with Crippen molar-refractivity contribution in [1.82, 2.24) is 15.0 Å². The zero-order valence-corrected chi connectivity index (χ0v) is 20.6. The van der Waals surface area contributed by atoms with E-state index in [0.29, 0.717) is 0 Å². The van der Waals surface area contributed by atoms with E-state index in [9.17, 15) is 0 Å². The summed E-state index contributed by atoms with van der Waals surface area (Å²) in [4.78, 5) is 11.7. The molecule has 0 aromatic carbocycles. The molecule has 0 saturated carbocycles. The third-order valence-corrected chi connectivity index (χ3v) is 2.92. The lowest BCUT2D eigenvalue weighted by Gasteiger charge is -1.82. The average molecular weight is 392 g/mol. The van der Waals surface area contributed by atoms with Gasteiger partial charge in [-0.3, -0.25) is 4.98 Å². The molecule has 0 atom stereocenters. The lowest BCUT2D eigenvalue weighted by molar-refractivity contribution is 0.772. The molecule has 3 heteroatoms. The number of hydrogen-bond acceptors (Lipinski definition) is 3. The van der Waals surface area contributed by atoms with E-state index in [-0.39, 0.29) is 0 Å². The van der Waals surface area contributed by atoms with E-state index in [1.54, 1.807) is 24.7 Å². The predicted octanol–water partition coefficient (Wildman–Crippen LogP) is 8.62. The highest BCUT2D eigenvalue weighted by atomic mass is 14.8. The van der Waals surface area contributed by atoms with Gasteiger partial charge in [0.15, 0.2) is 0 Å². The van der Waals surface area contributed by atoms with Crippen LogP contribution in [0, 0.1) is 13.8 Å². The maximum absolute atomic E-state index is 3.98. The first-order valence-electron chi connectivity index (χ1n) is 11.2. The SMILES string of the molecule is CC.CC.CCCCC.CCCCC.Cc1ccccn1.Cc1ncccn1. The molecule has 0 fully saturated rings. The topological polar surface area (TPSA) is 38.7 Å². The fourth-order valence-corrected chi connectivity index (χ4v) is 1.53. The van der Waals surface area contributed by atoms with Crippen LogP contribution < -0.4 is 0 Å². The van der Waals surface area contributed by atoms with Gasteiger partial charge in [-0.05, 0) is 32.0 Å². The zero-order valence-electron chi connectivity index (χ0n) is 20.6. The molecule has 2 rings (SSSR count). The highest BCUT2D eigenvalue weighted by Crippen LogP contribution is 1.89. The molecule has 2 aromatic heterocycles. The van der Waals surface area contributed by atoms with Crippen molar-refractivity contribution in [3.05, 3.63) is 54.4 Å². The maximum atomic E-state index is 3.98. The summed E-state index contributed by atoms with van der Waals surface area (Å²) in [5.41, 5.74) is 1.07. The Hall–Kier alpha value is -1.77. The van der Waals surface area contributed by atoms with Gasteiger partial charge in [0, 0.05) is 24.3 Å². The smallest absolute Gasteiger partial charge is 0.125 e. The van der Waals surface area contributed by atoms with Crippen molar-refractivity contribution in [3.63, 3.8) is 0 Å². The molecule has 28 heavy (non-hydrogen) atoms. The Morgan fingerprint density at radius 1 is 0.571 bits per heavy atom. The Labute approximate surface area is 177 Å². The summed E-state index contributed by atoms with van der Waals surface area (Å²) in [6.07, 6.45) is 13.4. The van der Waals surface area contributed by atoms with Gasteiger partial charge in [-0.2, -0.15) is 0 Å². The summed E-state index contributed by atoms with van der Waals surface area (Å²) < 4.78 is 0. The van der Waals surface area contributed by atoms with E-state index in [1.807, 2.05) is 59.7 Å². The highest BCUT2D eigenvalue weighted by molar-refractivity contribution is 4.99. The van der Waals surface area contributed by atoms with Gasteiger partial charge in [0.1, 0.15) is 5.82 Å². The first-order valence-corrected chi connectivity index (χ1v) is 11.2. The molecule has 2 aromatic rings. The van der Waals surface area contributed by atoms with Crippen molar-refractivity contribution in [2.24, 2.45) is 0 Å². The monoisotopic (exact) mass is 391 g/mol. The van der Waals surface area contributed by atoms with E-state index in [2.05, 4.69) is 42.6 Å². The van der Waals surface area contributed by atoms with Crippen LogP contribution in [0.5, 0.6) is 0 Å². The number of aryl methyl sites for hydroxylation is 2. The second-order valence-electron chi connectivity index (χ2n) is 5.47. The standard InChI is InChI=1S/C6H7N.C5H6N2.2C5H12.2C2H6/c1-6-4-2-3-5-7-6;1-5-6-3-2-4-7-5;2*1-3-5-4-2;2*1-2/h2-5H,1H3;2-4H,1H3;2*3-5H2,1-2H3;2*1-2H3. The number of aromatic nitrogens is 3. The number of rotatable bonds is 4. The first-order chi connectivity index (χ1) is 13.6. The van der Waals surface area contributed by atoms with E-state index in [4.69, 9.17) is 0 Å². The molecule has 0 N–H and O–H groups in total. The molecule has 0 aliphatic heterocycles. The minimum atomic E-state index is 0.822. The van der Waals surface area contributed by atoms with E-state index < -0.39 is 0 Å².